The van der Waals surface area contributed by atoms with Crippen LogP contribution in [-0.4, -0.2) is 5.78 Å². The van der Waals surface area contributed by atoms with Gasteiger partial charge in [0.05, 0.1) is 5.56 Å². The molecule has 0 aliphatic heterocycles. The minimum Gasteiger partial charge on any atom is -0.323 e. The van der Waals surface area contributed by atoms with Crippen LogP contribution in [0.15, 0.2) is 24.3 Å². The van der Waals surface area contributed by atoms with Crippen molar-refractivity contribution in [3.05, 3.63) is 35.4 Å². The molecule has 2 N–H and O–H groups in total. The Balaban J connectivity index is 2.23. The van der Waals surface area contributed by atoms with Crippen LogP contribution in [0.25, 0.3) is 0 Å². The van der Waals surface area contributed by atoms with Crippen molar-refractivity contribution in [2.45, 2.75) is 37.9 Å². The van der Waals surface area contributed by atoms with Crippen LogP contribution in [0.2, 0.25) is 0 Å². The molecule has 1 aliphatic rings. The molecule has 1 aromatic rings. The first-order chi connectivity index (χ1) is 8.89. The first-order valence-electron chi connectivity index (χ1n) is 6.35. The van der Waals surface area contributed by atoms with E-state index in [1.165, 1.54) is 6.07 Å². The van der Waals surface area contributed by atoms with E-state index in [0.29, 0.717) is 18.4 Å². The van der Waals surface area contributed by atoms with Crippen LogP contribution in [0.1, 0.15) is 42.9 Å². The summed E-state index contributed by atoms with van der Waals surface area (Å²) in [4.78, 5) is 11.8. The van der Waals surface area contributed by atoms with Gasteiger partial charge in [-0.1, -0.05) is 18.6 Å². The molecule has 1 aromatic carbocycles. The average Bonchev–Trinajstić information content (AvgIpc) is 2.38. The van der Waals surface area contributed by atoms with Crippen molar-refractivity contribution in [1.29, 1.82) is 0 Å². The van der Waals surface area contributed by atoms with E-state index in [1.807, 2.05) is 0 Å². The molecular formula is C14H16F3NO. The maximum atomic E-state index is 12.6. The molecular weight excluding hydrogens is 255 g/mol. The van der Waals surface area contributed by atoms with E-state index < -0.39 is 17.8 Å². The van der Waals surface area contributed by atoms with Crippen LogP contribution >= 0.6 is 0 Å². The number of ketones is 1. The smallest absolute Gasteiger partial charge is 0.323 e. The first-order valence-corrected chi connectivity index (χ1v) is 6.35. The fourth-order valence-electron chi connectivity index (χ4n) is 2.54. The van der Waals surface area contributed by atoms with E-state index in [1.54, 1.807) is 6.07 Å². The number of halogens is 3. The van der Waals surface area contributed by atoms with Gasteiger partial charge in [-0.2, -0.15) is 13.2 Å². The van der Waals surface area contributed by atoms with Gasteiger partial charge in [0, 0.05) is 18.4 Å². The van der Waals surface area contributed by atoms with Crippen molar-refractivity contribution in [3.63, 3.8) is 0 Å². The second kappa shape index (κ2) is 5.33. The highest BCUT2D eigenvalue weighted by Gasteiger charge is 2.33. The van der Waals surface area contributed by atoms with Gasteiger partial charge in [-0.3, -0.25) is 4.79 Å². The molecule has 2 atom stereocenters. The van der Waals surface area contributed by atoms with Gasteiger partial charge in [0.1, 0.15) is 5.78 Å². The Hall–Kier alpha value is -1.36. The maximum absolute atomic E-state index is 12.6. The number of carbonyl (C=O) groups is 1. The van der Waals surface area contributed by atoms with Crippen molar-refractivity contribution in [1.82, 2.24) is 0 Å². The Morgan fingerprint density at radius 3 is 2.63 bits per heavy atom. The molecule has 0 heterocycles. The van der Waals surface area contributed by atoms with E-state index in [9.17, 15) is 18.0 Å². The fraction of sp³-hybridized carbons (Fsp3) is 0.500. The summed E-state index contributed by atoms with van der Waals surface area (Å²) in [5, 5.41) is 0. The van der Waals surface area contributed by atoms with Gasteiger partial charge in [-0.05, 0) is 30.5 Å². The summed E-state index contributed by atoms with van der Waals surface area (Å²) in [6, 6.07) is 4.31. The van der Waals surface area contributed by atoms with Gasteiger partial charge in [-0.25, -0.2) is 0 Å². The lowest BCUT2D eigenvalue weighted by molar-refractivity contribution is -0.137. The molecule has 0 aromatic heterocycles. The molecule has 104 valence electrons. The van der Waals surface area contributed by atoms with Gasteiger partial charge >= 0.3 is 6.18 Å². The monoisotopic (exact) mass is 271 g/mol. The molecule has 1 fully saturated rings. The van der Waals surface area contributed by atoms with E-state index in [-0.39, 0.29) is 11.7 Å². The highest BCUT2D eigenvalue weighted by molar-refractivity contribution is 5.82. The van der Waals surface area contributed by atoms with Gasteiger partial charge in [0.25, 0.3) is 0 Å². The van der Waals surface area contributed by atoms with Crippen molar-refractivity contribution in [3.8, 4) is 0 Å². The Morgan fingerprint density at radius 1 is 1.26 bits per heavy atom. The third kappa shape index (κ3) is 3.15. The summed E-state index contributed by atoms with van der Waals surface area (Å²) in [5.41, 5.74) is 5.65. The maximum Gasteiger partial charge on any atom is 0.416 e. The minimum absolute atomic E-state index is 0.0659. The summed E-state index contributed by atoms with van der Waals surface area (Å²) >= 11 is 0. The molecule has 1 aliphatic carbocycles. The summed E-state index contributed by atoms with van der Waals surface area (Å²) in [6.07, 6.45) is -1.48. The topological polar surface area (TPSA) is 43.1 Å². The summed E-state index contributed by atoms with van der Waals surface area (Å²) in [5.74, 6) is -0.284. The van der Waals surface area contributed by atoms with Crippen LogP contribution in [-0.2, 0) is 11.0 Å². The molecule has 0 saturated heterocycles. The van der Waals surface area contributed by atoms with Crippen molar-refractivity contribution in [2.24, 2.45) is 11.7 Å². The average molecular weight is 271 g/mol. The lowest BCUT2D eigenvalue weighted by Crippen LogP contribution is -2.30. The van der Waals surface area contributed by atoms with Gasteiger partial charge in [0.2, 0.25) is 0 Å². The number of carbonyl (C=O) groups excluding carboxylic acids is 1. The molecule has 2 nitrogen and oxygen atoms in total. The number of hydrogen-bond acceptors (Lipinski definition) is 2. The van der Waals surface area contributed by atoms with Crippen LogP contribution in [0.5, 0.6) is 0 Å². The molecule has 0 radical (unpaired) electrons. The Kier molecular flexibility index (Phi) is 3.94. The van der Waals surface area contributed by atoms with Crippen LogP contribution in [0, 0.1) is 5.92 Å². The zero-order chi connectivity index (χ0) is 14.0. The standard InChI is InChI=1S/C14H16F3NO/c15-14(16,17)10-5-3-4-9(8-10)13(18)11-6-1-2-7-12(11)19/h3-5,8,11,13H,1-2,6-7,18H2. The van der Waals surface area contributed by atoms with Crippen molar-refractivity contribution in [2.75, 3.05) is 0 Å². The molecule has 5 heteroatoms. The first kappa shape index (κ1) is 14.1. The molecule has 19 heavy (non-hydrogen) atoms. The number of rotatable bonds is 2. The van der Waals surface area contributed by atoms with Gasteiger partial charge < -0.3 is 5.73 Å². The second-order valence-corrected chi connectivity index (χ2v) is 4.97. The lowest BCUT2D eigenvalue weighted by atomic mass is 9.80. The summed E-state index contributed by atoms with van der Waals surface area (Å²) in [7, 11) is 0. The number of nitrogens with two attached hydrogens (primary N) is 1. The molecule has 0 spiro atoms. The SMILES string of the molecule is NC(c1cccc(C(F)(F)F)c1)C1CCCCC1=O. The zero-order valence-corrected chi connectivity index (χ0v) is 10.4. The number of alkyl halides is 3. The highest BCUT2D eigenvalue weighted by Crippen LogP contribution is 2.34. The Labute approximate surface area is 109 Å². The summed E-state index contributed by atoms with van der Waals surface area (Å²) in [6.45, 7) is 0. The quantitative estimate of drug-likeness (QED) is 0.895. The summed E-state index contributed by atoms with van der Waals surface area (Å²) < 4.78 is 37.9. The molecule has 0 amide bonds. The van der Waals surface area contributed by atoms with Crippen molar-refractivity contribution >= 4 is 5.78 Å². The van der Waals surface area contributed by atoms with E-state index in [4.69, 9.17) is 5.73 Å². The van der Waals surface area contributed by atoms with E-state index in [2.05, 4.69) is 0 Å². The molecule has 0 bridgehead atoms. The number of Topliss-reactive ketones (excluding diaryl/α,β-unsaturated/α-hetero) is 1. The predicted octanol–water partition coefficient (Wildman–Crippen LogP) is 3.46. The predicted molar refractivity (Wildman–Crippen MR) is 65.3 cm³/mol. The zero-order valence-electron chi connectivity index (χ0n) is 10.4. The van der Waals surface area contributed by atoms with Crippen molar-refractivity contribution < 1.29 is 18.0 Å². The Morgan fingerprint density at radius 2 is 2.00 bits per heavy atom. The molecule has 1 saturated carbocycles. The third-order valence-electron chi connectivity index (χ3n) is 3.63. The van der Waals surface area contributed by atoms with Gasteiger partial charge in [-0.15, -0.1) is 0 Å². The highest BCUT2D eigenvalue weighted by atomic mass is 19.4. The number of hydrogen-bond donors (Lipinski definition) is 1. The second-order valence-electron chi connectivity index (χ2n) is 4.97. The number of benzene rings is 1. The molecule has 2 unspecified atom stereocenters. The van der Waals surface area contributed by atoms with Gasteiger partial charge in [0.15, 0.2) is 0 Å². The largest absolute Gasteiger partial charge is 0.416 e. The lowest BCUT2D eigenvalue weighted by Gasteiger charge is -2.26. The van der Waals surface area contributed by atoms with E-state index in [0.717, 1.165) is 25.0 Å². The molecule has 2 rings (SSSR count). The van der Waals surface area contributed by atoms with Crippen LogP contribution in [0.4, 0.5) is 13.2 Å². The van der Waals surface area contributed by atoms with Crippen LogP contribution in [0.3, 0.4) is 0 Å². The fourth-order valence-corrected chi connectivity index (χ4v) is 2.54. The van der Waals surface area contributed by atoms with Crippen LogP contribution < -0.4 is 5.73 Å². The normalized spacial score (nSPS) is 22.3. The Bertz CT molecular complexity index is 470. The third-order valence-corrected chi connectivity index (χ3v) is 3.63. The van der Waals surface area contributed by atoms with E-state index >= 15 is 0 Å². The minimum atomic E-state index is -4.38.